The molecule has 4 nitrogen and oxygen atoms in total. The topological polar surface area (TPSA) is 44.8 Å². The van der Waals surface area contributed by atoms with E-state index in [2.05, 4.69) is 32.9 Å². The first-order valence-corrected chi connectivity index (χ1v) is 9.64. The highest BCUT2D eigenvalue weighted by atomic mass is 16.7. The molecule has 1 aliphatic carbocycles. The lowest BCUT2D eigenvalue weighted by Crippen LogP contribution is -2.27. The van der Waals surface area contributed by atoms with E-state index < -0.39 is 0 Å². The minimum Gasteiger partial charge on any atom is -0.497 e. The third kappa shape index (κ3) is 5.70. The highest BCUT2D eigenvalue weighted by Crippen LogP contribution is 2.38. The molecule has 27 heavy (non-hydrogen) atoms. The number of hydrogen-bond acceptors (Lipinski definition) is 4. The number of allylic oxidation sites excluding steroid dienone is 4. The molecule has 2 atom stereocenters. The number of ether oxygens (including phenoxy) is 3. The lowest BCUT2D eigenvalue weighted by atomic mass is 9.74. The van der Waals surface area contributed by atoms with Crippen molar-refractivity contribution in [3.63, 3.8) is 0 Å². The molecule has 0 radical (unpaired) electrons. The summed E-state index contributed by atoms with van der Waals surface area (Å²) in [5.41, 5.74) is 3.13. The van der Waals surface area contributed by atoms with Crippen molar-refractivity contribution in [1.29, 1.82) is 0 Å². The zero-order valence-corrected chi connectivity index (χ0v) is 17.2. The Morgan fingerprint density at radius 1 is 1.26 bits per heavy atom. The SMILES string of the molecule is COCOc1ccc(OC)cc1C(=O)[C@H]1C(CCC=C(C)C)=CCC[C@@H]1C. The van der Waals surface area contributed by atoms with Crippen LogP contribution < -0.4 is 9.47 Å². The van der Waals surface area contributed by atoms with Crippen molar-refractivity contribution in [2.24, 2.45) is 11.8 Å². The van der Waals surface area contributed by atoms with E-state index in [1.807, 2.05) is 0 Å². The van der Waals surface area contributed by atoms with Gasteiger partial charge in [-0.2, -0.15) is 0 Å². The molecule has 4 heteroatoms. The fourth-order valence-corrected chi connectivity index (χ4v) is 3.65. The maximum Gasteiger partial charge on any atom is 0.188 e. The monoisotopic (exact) mass is 372 g/mol. The number of Topliss-reactive ketones (excluding diaryl/α,β-unsaturated/α-hetero) is 1. The van der Waals surface area contributed by atoms with Crippen molar-refractivity contribution in [3.05, 3.63) is 47.1 Å². The van der Waals surface area contributed by atoms with Gasteiger partial charge in [-0.25, -0.2) is 0 Å². The van der Waals surface area contributed by atoms with Crippen LogP contribution in [0, 0.1) is 11.8 Å². The molecule has 2 rings (SSSR count). The van der Waals surface area contributed by atoms with Gasteiger partial charge in [-0.3, -0.25) is 4.79 Å². The molecule has 1 aromatic rings. The van der Waals surface area contributed by atoms with Crippen LogP contribution in [0.2, 0.25) is 0 Å². The van der Waals surface area contributed by atoms with Gasteiger partial charge >= 0.3 is 0 Å². The molecular weight excluding hydrogens is 340 g/mol. The van der Waals surface area contributed by atoms with Gasteiger partial charge in [0, 0.05) is 13.0 Å². The average Bonchev–Trinajstić information content (AvgIpc) is 2.65. The van der Waals surface area contributed by atoms with E-state index in [0.29, 0.717) is 23.0 Å². The highest BCUT2D eigenvalue weighted by Gasteiger charge is 2.33. The van der Waals surface area contributed by atoms with Crippen molar-refractivity contribution < 1.29 is 19.0 Å². The molecule has 1 aliphatic rings. The lowest BCUT2D eigenvalue weighted by Gasteiger charge is -2.30. The van der Waals surface area contributed by atoms with Gasteiger partial charge in [0.2, 0.25) is 0 Å². The number of hydrogen-bond donors (Lipinski definition) is 0. The quantitative estimate of drug-likeness (QED) is 0.322. The summed E-state index contributed by atoms with van der Waals surface area (Å²) in [4.78, 5) is 13.5. The van der Waals surface area contributed by atoms with Crippen LogP contribution in [0.3, 0.4) is 0 Å². The fraction of sp³-hybridized carbons (Fsp3) is 0.522. The first kappa shape index (κ1) is 21.2. The van der Waals surface area contributed by atoms with Gasteiger partial charge in [0.1, 0.15) is 11.5 Å². The number of benzene rings is 1. The molecular formula is C23H32O4. The van der Waals surface area contributed by atoms with E-state index in [1.54, 1.807) is 32.4 Å². The second kappa shape index (κ2) is 10.3. The molecule has 0 unspecified atom stereocenters. The van der Waals surface area contributed by atoms with Crippen LogP contribution in [0.15, 0.2) is 41.5 Å². The molecule has 0 aliphatic heterocycles. The van der Waals surface area contributed by atoms with Gasteiger partial charge in [-0.05, 0) is 63.6 Å². The Morgan fingerprint density at radius 3 is 2.70 bits per heavy atom. The van der Waals surface area contributed by atoms with Crippen LogP contribution in [0.5, 0.6) is 11.5 Å². The first-order valence-electron chi connectivity index (χ1n) is 9.64. The van der Waals surface area contributed by atoms with Gasteiger partial charge in [-0.15, -0.1) is 0 Å². The van der Waals surface area contributed by atoms with Gasteiger partial charge in [-0.1, -0.05) is 30.2 Å². The van der Waals surface area contributed by atoms with E-state index in [9.17, 15) is 4.79 Å². The van der Waals surface area contributed by atoms with Crippen molar-refractivity contribution in [3.8, 4) is 11.5 Å². The van der Waals surface area contributed by atoms with Crippen molar-refractivity contribution in [2.75, 3.05) is 21.0 Å². The van der Waals surface area contributed by atoms with Crippen LogP contribution in [0.1, 0.15) is 56.8 Å². The number of carbonyl (C=O) groups is 1. The third-order valence-electron chi connectivity index (χ3n) is 5.05. The van der Waals surface area contributed by atoms with E-state index in [0.717, 1.165) is 25.7 Å². The van der Waals surface area contributed by atoms with E-state index in [4.69, 9.17) is 14.2 Å². The summed E-state index contributed by atoms with van der Waals surface area (Å²) in [6.07, 6.45) is 8.46. The zero-order chi connectivity index (χ0) is 19.8. The molecule has 0 spiro atoms. The Kier molecular flexibility index (Phi) is 8.11. The summed E-state index contributed by atoms with van der Waals surface area (Å²) in [5, 5.41) is 0. The number of carbonyl (C=O) groups excluding carboxylic acids is 1. The largest absolute Gasteiger partial charge is 0.497 e. The second-order valence-electron chi connectivity index (χ2n) is 7.41. The molecule has 0 fully saturated rings. The van der Waals surface area contributed by atoms with Crippen LogP contribution in [-0.2, 0) is 4.74 Å². The molecule has 0 heterocycles. The Labute approximate surface area is 163 Å². The van der Waals surface area contributed by atoms with Gasteiger partial charge in [0.15, 0.2) is 12.6 Å². The smallest absolute Gasteiger partial charge is 0.188 e. The minimum atomic E-state index is -0.110. The summed E-state index contributed by atoms with van der Waals surface area (Å²) in [7, 11) is 3.17. The predicted octanol–water partition coefficient (Wildman–Crippen LogP) is 5.58. The van der Waals surface area contributed by atoms with E-state index in [1.165, 1.54) is 11.1 Å². The number of rotatable bonds is 9. The second-order valence-corrected chi connectivity index (χ2v) is 7.41. The van der Waals surface area contributed by atoms with Gasteiger partial charge in [0.05, 0.1) is 12.7 Å². The van der Waals surface area contributed by atoms with Crippen LogP contribution in [0.25, 0.3) is 0 Å². The molecule has 148 valence electrons. The van der Waals surface area contributed by atoms with Crippen LogP contribution in [0.4, 0.5) is 0 Å². The predicted molar refractivity (Wildman–Crippen MR) is 108 cm³/mol. The maximum absolute atomic E-state index is 13.5. The normalized spacial score (nSPS) is 19.2. The van der Waals surface area contributed by atoms with Gasteiger partial charge < -0.3 is 14.2 Å². The third-order valence-corrected chi connectivity index (χ3v) is 5.05. The standard InChI is InChI=1S/C23H32O4/c1-16(2)8-6-10-18-11-7-9-17(3)22(18)23(24)20-14-19(26-5)12-13-21(20)27-15-25-4/h8,11-14,17,22H,6-7,9-10,15H2,1-5H3/t17-,22+/m0/s1. The number of ketones is 1. The summed E-state index contributed by atoms with van der Waals surface area (Å²) in [6.45, 7) is 6.49. The van der Waals surface area contributed by atoms with Crippen LogP contribution >= 0.6 is 0 Å². The van der Waals surface area contributed by atoms with E-state index >= 15 is 0 Å². The lowest BCUT2D eigenvalue weighted by molar-refractivity contribution is 0.0498. The zero-order valence-electron chi connectivity index (χ0n) is 17.2. The highest BCUT2D eigenvalue weighted by molar-refractivity contribution is 6.02. The molecule has 0 N–H and O–H groups in total. The Bertz CT molecular complexity index is 698. The van der Waals surface area contributed by atoms with Crippen molar-refractivity contribution in [2.45, 2.75) is 46.5 Å². The maximum atomic E-state index is 13.5. The molecule has 0 saturated carbocycles. The molecule has 1 aromatic carbocycles. The molecule has 0 bridgehead atoms. The van der Waals surface area contributed by atoms with Crippen molar-refractivity contribution in [1.82, 2.24) is 0 Å². The average molecular weight is 373 g/mol. The molecule has 0 aromatic heterocycles. The Hall–Kier alpha value is -2.07. The van der Waals surface area contributed by atoms with Crippen LogP contribution in [-0.4, -0.2) is 26.8 Å². The van der Waals surface area contributed by atoms with Gasteiger partial charge in [0.25, 0.3) is 0 Å². The summed E-state index contributed by atoms with van der Waals surface area (Å²) in [6, 6.07) is 5.37. The van der Waals surface area contributed by atoms with E-state index in [-0.39, 0.29) is 18.5 Å². The Morgan fingerprint density at radius 2 is 2.04 bits per heavy atom. The number of methoxy groups -OCH3 is 2. The summed E-state index contributed by atoms with van der Waals surface area (Å²) in [5.74, 6) is 1.51. The Balaban J connectivity index is 2.33. The molecule has 0 saturated heterocycles. The van der Waals surface area contributed by atoms with Crippen molar-refractivity contribution >= 4 is 5.78 Å². The summed E-state index contributed by atoms with van der Waals surface area (Å²) >= 11 is 0. The first-order chi connectivity index (χ1) is 13.0. The molecule has 0 amide bonds. The fourth-order valence-electron chi connectivity index (χ4n) is 3.65. The minimum absolute atomic E-state index is 0.107. The summed E-state index contributed by atoms with van der Waals surface area (Å²) < 4.78 is 16.0.